The van der Waals surface area contributed by atoms with Crippen molar-refractivity contribution in [1.82, 2.24) is 20.2 Å². The van der Waals surface area contributed by atoms with Gasteiger partial charge < -0.3 is 9.47 Å². The van der Waals surface area contributed by atoms with Gasteiger partial charge in [-0.2, -0.15) is 4.68 Å². The second-order valence-electron chi connectivity index (χ2n) is 4.97. The Morgan fingerprint density at radius 1 is 0.957 bits per heavy atom. The summed E-state index contributed by atoms with van der Waals surface area (Å²) in [5.41, 5.74) is 0.925. The van der Waals surface area contributed by atoms with E-state index in [0.717, 1.165) is 28.5 Å². The first-order chi connectivity index (χ1) is 11.4. The molecule has 2 heterocycles. The normalized spacial score (nSPS) is 13.6. The van der Waals surface area contributed by atoms with Crippen LogP contribution in [-0.4, -0.2) is 33.4 Å². The largest absolute Gasteiger partial charge is 0.490 e. The zero-order valence-electron chi connectivity index (χ0n) is 12.3. The van der Waals surface area contributed by atoms with Gasteiger partial charge in [-0.1, -0.05) is 18.2 Å². The van der Waals surface area contributed by atoms with Gasteiger partial charge in [0, 0.05) is 11.3 Å². The molecule has 0 spiro atoms. The molecule has 23 heavy (non-hydrogen) atoms. The monoisotopic (exact) mass is 326 g/mol. The second kappa shape index (κ2) is 6.29. The Labute approximate surface area is 137 Å². The summed E-state index contributed by atoms with van der Waals surface area (Å²) in [7, 11) is 0. The van der Waals surface area contributed by atoms with E-state index in [1.807, 2.05) is 48.5 Å². The minimum absolute atomic E-state index is 0.670. The van der Waals surface area contributed by atoms with E-state index in [0.29, 0.717) is 18.4 Å². The summed E-state index contributed by atoms with van der Waals surface area (Å²) in [5, 5.41) is 12.7. The number of benzene rings is 2. The van der Waals surface area contributed by atoms with E-state index in [2.05, 4.69) is 15.5 Å². The fourth-order valence-corrected chi connectivity index (χ4v) is 3.10. The molecule has 116 valence electrons. The third-order valence-corrected chi connectivity index (χ3v) is 4.30. The molecule has 1 aliphatic rings. The van der Waals surface area contributed by atoms with Crippen LogP contribution in [0.1, 0.15) is 6.42 Å². The van der Waals surface area contributed by atoms with Crippen LogP contribution in [0.4, 0.5) is 0 Å². The summed E-state index contributed by atoms with van der Waals surface area (Å²) in [6.07, 6.45) is 0.892. The minimum Gasteiger partial charge on any atom is -0.490 e. The molecule has 0 radical (unpaired) electrons. The molecule has 6 nitrogen and oxygen atoms in total. The molecule has 1 aromatic heterocycles. The van der Waals surface area contributed by atoms with Crippen molar-refractivity contribution in [3.63, 3.8) is 0 Å². The molecule has 3 aromatic rings. The van der Waals surface area contributed by atoms with Crippen LogP contribution in [0.3, 0.4) is 0 Å². The Balaban J connectivity index is 1.62. The third kappa shape index (κ3) is 3.00. The van der Waals surface area contributed by atoms with Crippen LogP contribution >= 0.6 is 11.8 Å². The quantitative estimate of drug-likeness (QED) is 0.737. The highest BCUT2D eigenvalue weighted by Gasteiger charge is 2.14. The summed E-state index contributed by atoms with van der Waals surface area (Å²) < 4.78 is 13.1. The molecule has 0 atom stereocenters. The molecule has 0 aliphatic carbocycles. The Morgan fingerprint density at radius 2 is 1.78 bits per heavy atom. The van der Waals surface area contributed by atoms with Gasteiger partial charge in [0.25, 0.3) is 0 Å². The van der Waals surface area contributed by atoms with Gasteiger partial charge in [0.2, 0.25) is 5.16 Å². The number of hydrogen-bond acceptors (Lipinski definition) is 6. The third-order valence-electron chi connectivity index (χ3n) is 3.37. The topological polar surface area (TPSA) is 62.1 Å². The number of hydrogen-bond donors (Lipinski definition) is 0. The summed E-state index contributed by atoms with van der Waals surface area (Å²) in [4.78, 5) is 1.00. The molecule has 0 saturated heterocycles. The van der Waals surface area contributed by atoms with Gasteiger partial charge >= 0.3 is 0 Å². The smallest absolute Gasteiger partial charge is 0.218 e. The summed E-state index contributed by atoms with van der Waals surface area (Å²) >= 11 is 1.49. The van der Waals surface area contributed by atoms with Crippen LogP contribution < -0.4 is 9.47 Å². The van der Waals surface area contributed by atoms with E-state index in [9.17, 15) is 0 Å². The summed E-state index contributed by atoms with van der Waals surface area (Å²) in [6, 6.07) is 15.7. The highest BCUT2D eigenvalue weighted by atomic mass is 32.2. The van der Waals surface area contributed by atoms with Crippen molar-refractivity contribution < 1.29 is 9.47 Å². The minimum atomic E-state index is 0.670. The molecule has 7 heteroatoms. The average Bonchev–Trinajstić information content (AvgIpc) is 2.92. The molecule has 0 unspecified atom stereocenters. The van der Waals surface area contributed by atoms with Crippen molar-refractivity contribution in [3.8, 4) is 17.2 Å². The van der Waals surface area contributed by atoms with Gasteiger partial charge in [0.1, 0.15) is 0 Å². The predicted octanol–water partition coefficient (Wildman–Crippen LogP) is 2.97. The number of para-hydroxylation sites is 1. The van der Waals surface area contributed by atoms with Crippen molar-refractivity contribution in [2.24, 2.45) is 0 Å². The number of ether oxygens (including phenoxy) is 2. The van der Waals surface area contributed by atoms with Crippen molar-refractivity contribution in [3.05, 3.63) is 48.5 Å². The zero-order chi connectivity index (χ0) is 15.5. The van der Waals surface area contributed by atoms with Crippen molar-refractivity contribution >= 4 is 11.8 Å². The van der Waals surface area contributed by atoms with E-state index in [-0.39, 0.29) is 0 Å². The first kappa shape index (κ1) is 14.1. The van der Waals surface area contributed by atoms with E-state index < -0.39 is 0 Å². The SMILES string of the molecule is c1ccc(-n2nnnc2Sc2ccc3c(c2)OCCCO3)cc1. The molecular weight excluding hydrogens is 312 g/mol. The average molecular weight is 326 g/mol. The Kier molecular flexibility index (Phi) is 3.85. The van der Waals surface area contributed by atoms with E-state index in [1.165, 1.54) is 11.8 Å². The summed E-state index contributed by atoms with van der Waals surface area (Å²) in [5.74, 6) is 1.56. The van der Waals surface area contributed by atoms with Crippen LogP contribution in [0.25, 0.3) is 5.69 Å². The van der Waals surface area contributed by atoms with Gasteiger partial charge in [0.15, 0.2) is 11.5 Å². The molecule has 1 aliphatic heterocycles. The summed E-state index contributed by atoms with van der Waals surface area (Å²) in [6.45, 7) is 1.36. The maximum Gasteiger partial charge on any atom is 0.218 e. The standard InChI is InChI=1S/C16H14N4O2S/c1-2-5-12(6-3-1)20-16(17-18-19-20)23-13-7-8-14-15(11-13)22-10-4-9-21-14/h1-3,5-8,11H,4,9-10H2. The number of rotatable bonds is 3. The maximum absolute atomic E-state index is 5.73. The van der Waals surface area contributed by atoms with Crippen LogP contribution in [-0.2, 0) is 0 Å². The first-order valence-electron chi connectivity index (χ1n) is 7.31. The molecule has 0 fully saturated rings. The number of fused-ring (bicyclic) bond motifs is 1. The highest BCUT2D eigenvalue weighted by Crippen LogP contribution is 2.36. The Morgan fingerprint density at radius 3 is 2.65 bits per heavy atom. The Bertz CT molecular complexity index is 807. The van der Waals surface area contributed by atoms with Gasteiger partial charge in [-0.15, -0.1) is 5.10 Å². The van der Waals surface area contributed by atoms with Crippen molar-refractivity contribution in [2.45, 2.75) is 16.5 Å². The second-order valence-corrected chi connectivity index (χ2v) is 6.01. The van der Waals surface area contributed by atoms with Crippen molar-refractivity contribution in [1.29, 1.82) is 0 Å². The lowest BCUT2D eigenvalue weighted by Gasteiger charge is -2.09. The fraction of sp³-hybridized carbons (Fsp3) is 0.188. The van der Waals surface area contributed by atoms with Gasteiger partial charge in [-0.3, -0.25) is 0 Å². The van der Waals surface area contributed by atoms with Gasteiger partial charge in [-0.25, -0.2) is 0 Å². The molecular formula is C16H14N4O2S. The zero-order valence-corrected chi connectivity index (χ0v) is 13.1. The van der Waals surface area contributed by atoms with Crippen LogP contribution in [0.15, 0.2) is 58.6 Å². The lowest BCUT2D eigenvalue weighted by molar-refractivity contribution is 0.297. The lowest BCUT2D eigenvalue weighted by atomic mass is 10.3. The number of tetrazole rings is 1. The first-order valence-corrected chi connectivity index (χ1v) is 8.13. The lowest BCUT2D eigenvalue weighted by Crippen LogP contribution is -1.98. The highest BCUT2D eigenvalue weighted by molar-refractivity contribution is 7.99. The van der Waals surface area contributed by atoms with Gasteiger partial charge in [0.05, 0.1) is 18.9 Å². The van der Waals surface area contributed by atoms with E-state index >= 15 is 0 Å². The molecule has 0 bridgehead atoms. The van der Waals surface area contributed by atoms with Crippen LogP contribution in [0, 0.1) is 0 Å². The maximum atomic E-state index is 5.73. The molecule has 0 saturated carbocycles. The molecule has 0 N–H and O–H groups in total. The van der Waals surface area contributed by atoms with E-state index in [1.54, 1.807) is 4.68 Å². The van der Waals surface area contributed by atoms with Gasteiger partial charge in [-0.05, 0) is 52.5 Å². The fourth-order valence-electron chi connectivity index (χ4n) is 2.29. The van der Waals surface area contributed by atoms with Crippen LogP contribution in [0.5, 0.6) is 11.5 Å². The Hall–Kier alpha value is -2.54. The van der Waals surface area contributed by atoms with E-state index in [4.69, 9.17) is 9.47 Å². The number of aromatic nitrogens is 4. The molecule has 0 amide bonds. The molecule has 2 aromatic carbocycles. The molecule has 4 rings (SSSR count). The predicted molar refractivity (Wildman–Crippen MR) is 85.3 cm³/mol. The number of nitrogens with zero attached hydrogens (tertiary/aromatic N) is 4. The van der Waals surface area contributed by atoms with Crippen molar-refractivity contribution in [2.75, 3.05) is 13.2 Å². The van der Waals surface area contributed by atoms with Crippen LogP contribution in [0.2, 0.25) is 0 Å².